The molecule has 0 aromatic carbocycles. The minimum absolute atomic E-state index is 0.0629. The van der Waals surface area contributed by atoms with Crippen molar-refractivity contribution in [1.29, 1.82) is 0 Å². The number of aliphatic hydroxyl groups is 1. The maximum atomic E-state index is 10.6. The van der Waals surface area contributed by atoms with Crippen molar-refractivity contribution in [2.24, 2.45) is 0 Å². The van der Waals surface area contributed by atoms with E-state index in [0.717, 1.165) is 12.8 Å². The third-order valence-electron chi connectivity index (χ3n) is 3.63. The number of hydrogen-bond donors (Lipinski definition) is 2. The van der Waals surface area contributed by atoms with Crippen LogP contribution >= 0.6 is 0 Å². The summed E-state index contributed by atoms with van der Waals surface area (Å²) in [5, 5.41) is 18.6. The Bertz CT molecular complexity index is 309. The zero-order chi connectivity index (χ0) is 15.8. The lowest BCUT2D eigenvalue weighted by Crippen LogP contribution is -2.49. The lowest BCUT2D eigenvalue weighted by molar-refractivity contribution is -0.282. The van der Waals surface area contributed by atoms with Gasteiger partial charge in [0.2, 0.25) is 0 Å². The minimum Gasteiger partial charge on any atom is -0.481 e. The Labute approximate surface area is 126 Å². The molecular formula is C15H28O6. The van der Waals surface area contributed by atoms with E-state index in [9.17, 15) is 9.90 Å². The van der Waals surface area contributed by atoms with Crippen LogP contribution in [0.15, 0.2) is 0 Å². The molecule has 1 fully saturated rings. The maximum Gasteiger partial charge on any atom is 0.303 e. The largest absolute Gasteiger partial charge is 0.481 e. The summed E-state index contributed by atoms with van der Waals surface area (Å²) in [6.07, 6.45) is 0.974. The van der Waals surface area contributed by atoms with E-state index in [1.807, 2.05) is 6.92 Å². The van der Waals surface area contributed by atoms with Crippen LogP contribution in [0.4, 0.5) is 0 Å². The van der Waals surface area contributed by atoms with Crippen LogP contribution in [-0.4, -0.2) is 53.5 Å². The number of ether oxygens (including phenoxy) is 3. The van der Waals surface area contributed by atoms with Gasteiger partial charge < -0.3 is 24.4 Å². The van der Waals surface area contributed by atoms with Gasteiger partial charge in [-0.1, -0.05) is 13.3 Å². The van der Waals surface area contributed by atoms with Gasteiger partial charge >= 0.3 is 5.97 Å². The SMILES string of the molecule is CCCCO[C@@H]1C[C@H](O)C(C)O[C@@H]1O[C@@H](C)CCC(=O)O. The highest BCUT2D eigenvalue weighted by molar-refractivity contribution is 5.66. The second-order valence-corrected chi connectivity index (χ2v) is 5.65. The quantitative estimate of drug-likeness (QED) is 0.633. The van der Waals surface area contributed by atoms with Gasteiger partial charge in [0.25, 0.3) is 0 Å². The highest BCUT2D eigenvalue weighted by Gasteiger charge is 2.37. The zero-order valence-electron chi connectivity index (χ0n) is 13.2. The number of aliphatic carboxylic acids is 1. The topological polar surface area (TPSA) is 85.2 Å². The molecule has 21 heavy (non-hydrogen) atoms. The molecule has 0 saturated carbocycles. The average Bonchev–Trinajstić information content (AvgIpc) is 2.42. The van der Waals surface area contributed by atoms with E-state index >= 15 is 0 Å². The Morgan fingerprint density at radius 1 is 1.48 bits per heavy atom. The van der Waals surface area contributed by atoms with Crippen molar-refractivity contribution in [2.45, 2.75) is 83.6 Å². The molecule has 5 atom stereocenters. The van der Waals surface area contributed by atoms with Crippen LogP contribution in [-0.2, 0) is 19.0 Å². The molecule has 0 aromatic heterocycles. The van der Waals surface area contributed by atoms with Crippen LogP contribution in [0.5, 0.6) is 0 Å². The predicted octanol–water partition coefficient (Wildman–Crippen LogP) is 1.94. The van der Waals surface area contributed by atoms with Crippen molar-refractivity contribution in [1.82, 2.24) is 0 Å². The van der Waals surface area contributed by atoms with E-state index in [4.69, 9.17) is 19.3 Å². The molecule has 6 nitrogen and oxygen atoms in total. The van der Waals surface area contributed by atoms with Gasteiger partial charge in [-0.25, -0.2) is 0 Å². The second kappa shape index (κ2) is 9.35. The molecule has 0 bridgehead atoms. The summed E-state index contributed by atoms with van der Waals surface area (Å²) in [7, 11) is 0. The standard InChI is InChI=1S/C15H28O6/c1-4-5-8-19-13-9-12(16)11(3)21-15(13)20-10(2)6-7-14(17)18/h10-13,15-16H,4-9H2,1-3H3,(H,17,18)/t10-,11?,12-,13+,15-/m0/s1. The summed E-state index contributed by atoms with van der Waals surface area (Å²) in [6.45, 7) is 6.31. The molecule has 0 aliphatic carbocycles. The number of unbranched alkanes of at least 4 members (excludes halogenated alkanes) is 1. The third-order valence-corrected chi connectivity index (χ3v) is 3.63. The van der Waals surface area contributed by atoms with E-state index in [1.54, 1.807) is 6.92 Å². The van der Waals surface area contributed by atoms with Crippen LogP contribution in [0.2, 0.25) is 0 Å². The minimum atomic E-state index is -0.838. The fourth-order valence-corrected chi connectivity index (χ4v) is 2.20. The number of carboxylic acids is 1. The first-order valence-corrected chi connectivity index (χ1v) is 7.76. The molecule has 1 aliphatic rings. The Morgan fingerprint density at radius 2 is 2.19 bits per heavy atom. The van der Waals surface area contributed by atoms with Gasteiger partial charge in [0, 0.05) is 19.4 Å². The smallest absolute Gasteiger partial charge is 0.303 e. The van der Waals surface area contributed by atoms with E-state index < -0.39 is 18.4 Å². The Morgan fingerprint density at radius 3 is 2.81 bits per heavy atom. The summed E-state index contributed by atoms with van der Waals surface area (Å²) < 4.78 is 17.2. The van der Waals surface area contributed by atoms with Gasteiger partial charge in [0.1, 0.15) is 6.10 Å². The van der Waals surface area contributed by atoms with Gasteiger partial charge in [-0.2, -0.15) is 0 Å². The molecule has 1 unspecified atom stereocenters. The van der Waals surface area contributed by atoms with Gasteiger partial charge in [0.15, 0.2) is 6.29 Å². The van der Waals surface area contributed by atoms with E-state index in [1.165, 1.54) is 0 Å². The first kappa shape index (κ1) is 18.4. The van der Waals surface area contributed by atoms with Gasteiger partial charge in [-0.15, -0.1) is 0 Å². The number of aliphatic hydroxyl groups excluding tert-OH is 1. The molecule has 0 aromatic rings. The highest BCUT2D eigenvalue weighted by Crippen LogP contribution is 2.25. The molecule has 1 heterocycles. The number of carbonyl (C=O) groups is 1. The monoisotopic (exact) mass is 304 g/mol. The maximum absolute atomic E-state index is 10.6. The summed E-state index contributed by atoms with van der Waals surface area (Å²) in [5.74, 6) is -0.838. The molecule has 0 radical (unpaired) electrons. The van der Waals surface area contributed by atoms with Crippen molar-refractivity contribution in [3.63, 3.8) is 0 Å². The lowest BCUT2D eigenvalue weighted by Gasteiger charge is -2.38. The molecule has 0 spiro atoms. The molecule has 0 amide bonds. The van der Waals surface area contributed by atoms with Crippen molar-refractivity contribution in [3.05, 3.63) is 0 Å². The first-order chi connectivity index (χ1) is 9.93. The van der Waals surface area contributed by atoms with Gasteiger partial charge in [-0.3, -0.25) is 4.79 Å². The highest BCUT2D eigenvalue weighted by atomic mass is 16.7. The normalized spacial score (nSPS) is 31.0. The lowest BCUT2D eigenvalue weighted by atomic mass is 10.0. The van der Waals surface area contributed by atoms with Crippen molar-refractivity contribution >= 4 is 5.97 Å². The first-order valence-electron chi connectivity index (χ1n) is 7.76. The molecule has 1 aliphatic heterocycles. The zero-order valence-corrected chi connectivity index (χ0v) is 13.2. The summed E-state index contributed by atoms with van der Waals surface area (Å²) in [5.41, 5.74) is 0. The summed E-state index contributed by atoms with van der Waals surface area (Å²) in [4.78, 5) is 10.6. The van der Waals surface area contributed by atoms with E-state index in [-0.39, 0.29) is 24.7 Å². The second-order valence-electron chi connectivity index (χ2n) is 5.65. The van der Waals surface area contributed by atoms with Gasteiger partial charge in [-0.05, 0) is 26.7 Å². The van der Waals surface area contributed by atoms with Crippen LogP contribution in [0.25, 0.3) is 0 Å². The molecule has 6 heteroatoms. The number of hydrogen-bond acceptors (Lipinski definition) is 5. The number of carboxylic acid groups (broad SMARTS) is 1. The van der Waals surface area contributed by atoms with Gasteiger partial charge in [0.05, 0.1) is 18.3 Å². The third kappa shape index (κ3) is 6.74. The Balaban J connectivity index is 2.49. The van der Waals surface area contributed by atoms with Crippen LogP contribution in [0, 0.1) is 0 Å². The molecule has 2 N–H and O–H groups in total. The predicted molar refractivity (Wildman–Crippen MR) is 77.0 cm³/mol. The Kier molecular flexibility index (Phi) is 8.18. The Hall–Kier alpha value is -0.690. The summed E-state index contributed by atoms with van der Waals surface area (Å²) in [6, 6.07) is 0. The number of rotatable bonds is 9. The molecule has 1 saturated heterocycles. The van der Waals surface area contributed by atoms with Crippen molar-refractivity contribution in [2.75, 3.05) is 6.61 Å². The van der Waals surface area contributed by atoms with Crippen molar-refractivity contribution < 1.29 is 29.2 Å². The van der Waals surface area contributed by atoms with Crippen LogP contribution < -0.4 is 0 Å². The molecule has 124 valence electrons. The van der Waals surface area contributed by atoms with E-state index in [0.29, 0.717) is 19.4 Å². The fourth-order valence-electron chi connectivity index (χ4n) is 2.20. The van der Waals surface area contributed by atoms with Crippen molar-refractivity contribution in [3.8, 4) is 0 Å². The van der Waals surface area contributed by atoms with Crippen LogP contribution in [0.1, 0.15) is 52.9 Å². The van der Waals surface area contributed by atoms with E-state index in [2.05, 4.69) is 6.92 Å². The summed E-state index contributed by atoms with van der Waals surface area (Å²) >= 11 is 0. The average molecular weight is 304 g/mol. The fraction of sp³-hybridized carbons (Fsp3) is 0.933. The van der Waals surface area contributed by atoms with Crippen LogP contribution in [0.3, 0.4) is 0 Å². The molecular weight excluding hydrogens is 276 g/mol. The molecule has 1 rings (SSSR count).